The molecule has 17 heavy (non-hydrogen) atoms. The van der Waals surface area contributed by atoms with Gasteiger partial charge in [0.15, 0.2) is 0 Å². The van der Waals surface area contributed by atoms with Crippen molar-refractivity contribution in [1.29, 1.82) is 0 Å². The molecule has 0 aromatic heterocycles. The van der Waals surface area contributed by atoms with Gasteiger partial charge in [-0.25, -0.2) is 0 Å². The van der Waals surface area contributed by atoms with Crippen LogP contribution in [0.1, 0.15) is 20.8 Å². The van der Waals surface area contributed by atoms with Gasteiger partial charge >= 0.3 is 0 Å². The molecule has 102 valence electrons. The normalized spacial score (nSPS) is 12.1. The third-order valence-electron chi connectivity index (χ3n) is 2.22. The van der Waals surface area contributed by atoms with Crippen LogP contribution in [0.4, 0.5) is 0 Å². The number of rotatable bonds is 9. The Labute approximate surface area is 106 Å². The zero-order valence-corrected chi connectivity index (χ0v) is 11.8. The Morgan fingerprint density at radius 1 is 1.35 bits per heavy atom. The van der Waals surface area contributed by atoms with Gasteiger partial charge in [-0.05, 0) is 33.4 Å². The molecule has 0 aromatic rings. The molecule has 4 nitrogen and oxygen atoms in total. The van der Waals surface area contributed by atoms with Crippen LogP contribution in [0.2, 0.25) is 0 Å². The summed E-state index contributed by atoms with van der Waals surface area (Å²) in [6, 6.07) is 0. The van der Waals surface area contributed by atoms with Crippen molar-refractivity contribution in [3.63, 3.8) is 0 Å². The highest BCUT2D eigenvalue weighted by atomic mass is 16.5. The van der Waals surface area contributed by atoms with Gasteiger partial charge in [0, 0.05) is 25.2 Å². The maximum absolute atomic E-state index is 8.56. The van der Waals surface area contributed by atoms with Gasteiger partial charge in [0.25, 0.3) is 0 Å². The van der Waals surface area contributed by atoms with Gasteiger partial charge in [0.2, 0.25) is 0 Å². The highest BCUT2D eigenvalue weighted by Crippen LogP contribution is 2.01. The standard InChI is InChI=1S/C13H28N2O2/c1-12(10-14-13(2,3)4)11-15(5)6-8-17-9-7-16/h14,16H,1,6-11H2,2-5H3. The van der Waals surface area contributed by atoms with Crippen molar-refractivity contribution >= 4 is 0 Å². The molecule has 2 N–H and O–H groups in total. The van der Waals surface area contributed by atoms with Crippen LogP contribution in [0.15, 0.2) is 12.2 Å². The van der Waals surface area contributed by atoms with Gasteiger partial charge in [0.05, 0.1) is 19.8 Å². The third kappa shape index (κ3) is 11.8. The molecule has 0 aromatic carbocycles. The molecule has 0 rings (SSSR count). The fraction of sp³-hybridized carbons (Fsp3) is 0.846. The van der Waals surface area contributed by atoms with Gasteiger partial charge in [-0.3, -0.25) is 0 Å². The Morgan fingerprint density at radius 2 is 2.00 bits per heavy atom. The molecule has 0 radical (unpaired) electrons. The lowest BCUT2D eigenvalue weighted by atomic mass is 10.1. The minimum Gasteiger partial charge on any atom is -0.394 e. The minimum absolute atomic E-state index is 0.0892. The van der Waals surface area contributed by atoms with Crippen molar-refractivity contribution < 1.29 is 9.84 Å². The van der Waals surface area contributed by atoms with Crippen LogP contribution in [0.5, 0.6) is 0 Å². The number of hydrogen-bond acceptors (Lipinski definition) is 4. The monoisotopic (exact) mass is 244 g/mol. The van der Waals surface area contributed by atoms with Crippen LogP contribution >= 0.6 is 0 Å². The van der Waals surface area contributed by atoms with Gasteiger partial charge in [-0.1, -0.05) is 6.58 Å². The van der Waals surface area contributed by atoms with Gasteiger partial charge in [-0.15, -0.1) is 0 Å². The van der Waals surface area contributed by atoms with Gasteiger partial charge in [-0.2, -0.15) is 0 Å². The highest BCUT2D eigenvalue weighted by Gasteiger charge is 2.09. The highest BCUT2D eigenvalue weighted by molar-refractivity contribution is 5.00. The zero-order chi connectivity index (χ0) is 13.3. The molecule has 0 saturated carbocycles. The topological polar surface area (TPSA) is 44.7 Å². The van der Waals surface area contributed by atoms with Crippen molar-refractivity contribution in [2.24, 2.45) is 0 Å². The number of nitrogens with zero attached hydrogens (tertiary/aromatic N) is 1. The van der Waals surface area contributed by atoms with E-state index in [4.69, 9.17) is 9.84 Å². The third-order valence-corrected chi connectivity index (χ3v) is 2.22. The van der Waals surface area contributed by atoms with Crippen LogP contribution in [0.3, 0.4) is 0 Å². The van der Waals surface area contributed by atoms with E-state index in [1.807, 2.05) is 7.05 Å². The summed E-state index contributed by atoms with van der Waals surface area (Å²) in [5.74, 6) is 0. The van der Waals surface area contributed by atoms with E-state index in [2.05, 4.69) is 37.6 Å². The molecule has 0 bridgehead atoms. The van der Waals surface area contributed by atoms with Crippen LogP contribution in [0, 0.1) is 0 Å². The molecule has 0 aliphatic heterocycles. The molecular formula is C13H28N2O2. The van der Waals surface area contributed by atoms with Crippen molar-refractivity contribution in [3.8, 4) is 0 Å². The quantitative estimate of drug-likeness (QED) is 0.467. The Morgan fingerprint density at radius 3 is 2.53 bits per heavy atom. The summed E-state index contributed by atoms with van der Waals surface area (Å²) in [5, 5.41) is 12.0. The summed E-state index contributed by atoms with van der Waals surface area (Å²) in [6.07, 6.45) is 0. The number of likely N-dealkylation sites (N-methyl/N-ethyl adjacent to an activating group) is 1. The molecule has 0 spiro atoms. The fourth-order valence-corrected chi connectivity index (χ4v) is 1.29. The fourth-order valence-electron chi connectivity index (χ4n) is 1.29. The second-order valence-electron chi connectivity index (χ2n) is 5.43. The van der Waals surface area contributed by atoms with Crippen molar-refractivity contribution in [1.82, 2.24) is 10.2 Å². The van der Waals surface area contributed by atoms with Gasteiger partial charge < -0.3 is 20.1 Å². The molecule has 0 aliphatic carbocycles. The zero-order valence-electron chi connectivity index (χ0n) is 11.8. The minimum atomic E-state index is 0.0892. The van der Waals surface area contributed by atoms with Crippen molar-refractivity contribution in [2.45, 2.75) is 26.3 Å². The molecule has 0 atom stereocenters. The SMILES string of the molecule is C=C(CNC(C)(C)C)CN(C)CCOCCO. The van der Waals surface area contributed by atoms with E-state index in [0.717, 1.165) is 19.6 Å². The molecule has 0 saturated heterocycles. The lowest BCUT2D eigenvalue weighted by molar-refractivity contribution is 0.0797. The van der Waals surface area contributed by atoms with E-state index >= 15 is 0 Å². The molecule has 0 amide bonds. The largest absolute Gasteiger partial charge is 0.394 e. The van der Waals surface area contributed by atoms with E-state index < -0.39 is 0 Å². The van der Waals surface area contributed by atoms with E-state index in [9.17, 15) is 0 Å². The summed E-state index contributed by atoms with van der Waals surface area (Å²) in [4.78, 5) is 2.17. The van der Waals surface area contributed by atoms with E-state index in [1.54, 1.807) is 0 Å². The van der Waals surface area contributed by atoms with Gasteiger partial charge in [0.1, 0.15) is 0 Å². The summed E-state index contributed by atoms with van der Waals surface area (Å²) < 4.78 is 5.21. The molecule has 0 heterocycles. The summed E-state index contributed by atoms with van der Waals surface area (Å²) in [6.45, 7) is 14.2. The summed E-state index contributed by atoms with van der Waals surface area (Å²) >= 11 is 0. The summed E-state index contributed by atoms with van der Waals surface area (Å²) in [7, 11) is 2.05. The molecular weight excluding hydrogens is 216 g/mol. The number of nitrogens with one attached hydrogen (secondary N) is 1. The maximum Gasteiger partial charge on any atom is 0.0698 e. The molecule has 0 unspecified atom stereocenters. The lowest BCUT2D eigenvalue weighted by Gasteiger charge is -2.23. The molecule has 4 heteroatoms. The first-order chi connectivity index (χ1) is 7.85. The van der Waals surface area contributed by atoms with E-state index in [-0.39, 0.29) is 12.1 Å². The molecule has 0 aliphatic rings. The Kier molecular flexibility index (Phi) is 8.43. The number of ether oxygens (including phenoxy) is 1. The Bertz CT molecular complexity index is 212. The predicted octanol–water partition coefficient (Wildman–Crippen LogP) is 0.871. The average Bonchev–Trinajstić information content (AvgIpc) is 2.21. The average molecular weight is 244 g/mol. The first-order valence-electron chi connectivity index (χ1n) is 6.14. The summed E-state index contributed by atoms with van der Waals surface area (Å²) in [5.41, 5.74) is 1.30. The van der Waals surface area contributed by atoms with Crippen LogP contribution in [0.25, 0.3) is 0 Å². The predicted molar refractivity (Wildman–Crippen MR) is 72.3 cm³/mol. The van der Waals surface area contributed by atoms with Crippen molar-refractivity contribution in [2.75, 3.05) is 46.5 Å². The second kappa shape index (κ2) is 8.64. The van der Waals surface area contributed by atoms with E-state index in [1.165, 1.54) is 5.57 Å². The Hall–Kier alpha value is -0.420. The number of hydrogen-bond donors (Lipinski definition) is 2. The van der Waals surface area contributed by atoms with Crippen LogP contribution in [-0.2, 0) is 4.74 Å². The second-order valence-corrected chi connectivity index (χ2v) is 5.43. The van der Waals surface area contributed by atoms with Crippen molar-refractivity contribution in [3.05, 3.63) is 12.2 Å². The number of aliphatic hydroxyl groups excluding tert-OH is 1. The Balaban J connectivity index is 3.59. The maximum atomic E-state index is 8.56. The first kappa shape index (κ1) is 16.6. The van der Waals surface area contributed by atoms with Crippen LogP contribution in [-0.4, -0.2) is 62.0 Å². The smallest absolute Gasteiger partial charge is 0.0698 e. The number of aliphatic hydroxyl groups is 1. The lowest BCUT2D eigenvalue weighted by Crippen LogP contribution is -2.38. The van der Waals surface area contributed by atoms with Crippen LogP contribution < -0.4 is 5.32 Å². The van der Waals surface area contributed by atoms with E-state index in [0.29, 0.717) is 13.2 Å². The first-order valence-corrected chi connectivity index (χ1v) is 6.14. The molecule has 0 fully saturated rings.